The van der Waals surface area contributed by atoms with Crippen LogP contribution < -0.4 is 15.0 Å². The Morgan fingerprint density at radius 2 is 2.22 bits per heavy atom. The summed E-state index contributed by atoms with van der Waals surface area (Å²) in [6.45, 7) is 4.11. The van der Waals surface area contributed by atoms with Crippen LogP contribution in [0.5, 0.6) is 5.75 Å². The average molecular weight is 330 g/mol. The maximum absolute atomic E-state index is 12.4. The number of anilines is 1. The molecule has 120 valence electrons. The average Bonchev–Trinajstić information content (AvgIpc) is 3.04. The molecule has 6 heteroatoms. The van der Waals surface area contributed by atoms with Gasteiger partial charge in [0.25, 0.3) is 5.91 Å². The number of hydrogen-bond acceptors (Lipinski definition) is 4. The number of carbonyl (C=O) groups is 2. The van der Waals surface area contributed by atoms with E-state index in [2.05, 4.69) is 5.32 Å². The number of aryl methyl sites for hydroxylation is 1. The lowest BCUT2D eigenvalue weighted by Gasteiger charge is -2.32. The van der Waals surface area contributed by atoms with Gasteiger partial charge in [0.15, 0.2) is 6.10 Å². The maximum atomic E-state index is 12.4. The smallest absolute Gasteiger partial charge is 0.268 e. The summed E-state index contributed by atoms with van der Waals surface area (Å²) in [5.74, 6) is 0.247. The van der Waals surface area contributed by atoms with Gasteiger partial charge in [-0.05, 0) is 43.0 Å². The summed E-state index contributed by atoms with van der Waals surface area (Å²) in [4.78, 5) is 27.2. The molecule has 1 N–H and O–H groups in total. The normalized spacial score (nSPS) is 16.7. The molecule has 1 aromatic carbocycles. The first kappa shape index (κ1) is 15.6. The summed E-state index contributed by atoms with van der Waals surface area (Å²) in [7, 11) is 0. The van der Waals surface area contributed by atoms with E-state index in [0.717, 1.165) is 10.4 Å². The second-order valence-corrected chi connectivity index (χ2v) is 6.54. The number of nitrogens with one attached hydrogen (secondary N) is 1. The Hall–Kier alpha value is -2.34. The third-order valence-corrected chi connectivity index (χ3v) is 4.54. The first-order valence-electron chi connectivity index (χ1n) is 7.42. The summed E-state index contributed by atoms with van der Waals surface area (Å²) in [5, 5.41) is 4.82. The predicted octanol–water partition coefficient (Wildman–Crippen LogP) is 2.49. The van der Waals surface area contributed by atoms with Crippen LogP contribution in [-0.4, -0.2) is 24.5 Å². The molecule has 2 aromatic rings. The Labute approximate surface area is 138 Å². The molecule has 1 aromatic heterocycles. The lowest BCUT2D eigenvalue weighted by atomic mass is 10.1. The topological polar surface area (TPSA) is 58.6 Å². The van der Waals surface area contributed by atoms with Crippen LogP contribution in [0.1, 0.15) is 17.4 Å². The van der Waals surface area contributed by atoms with Crippen molar-refractivity contribution in [2.45, 2.75) is 26.5 Å². The van der Waals surface area contributed by atoms with Gasteiger partial charge in [0, 0.05) is 4.88 Å². The molecule has 0 radical (unpaired) electrons. The van der Waals surface area contributed by atoms with Gasteiger partial charge in [0.2, 0.25) is 5.91 Å². The van der Waals surface area contributed by atoms with Gasteiger partial charge in [-0.2, -0.15) is 0 Å². The molecule has 1 aliphatic rings. The van der Waals surface area contributed by atoms with Crippen molar-refractivity contribution < 1.29 is 14.3 Å². The van der Waals surface area contributed by atoms with Crippen molar-refractivity contribution in [2.75, 3.05) is 11.4 Å². The summed E-state index contributed by atoms with van der Waals surface area (Å²) in [6.07, 6.45) is -0.588. The Morgan fingerprint density at radius 3 is 2.96 bits per heavy atom. The molecule has 3 rings (SSSR count). The molecule has 0 spiro atoms. The van der Waals surface area contributed by atoms with E-state index in [1.807, 2.05) is 42.6 Å². The third kappa shape index (κ3) is 3.37. The van der Waals surface area contributed by atoms with E-state index in [1.165, 1.54) is 4.90 Å². The number of benzene rings is 1. The van der Waals surface area contributed by atoms with Crippen LogP contribution in [0.2, 0.25) is 0 Å². The maximum Gasteiger partial charge on any atom is 0.268 e. The van der Waals surface area contributed by atoms with E-state index >= 15 is 0 Å². The Balaban J connectivity index is 1.74. The van der Waals surface area contributed by atoms with E-state index < -0.39 is 6.10 Å². The van der Waals surface area contributed by atoms with Gasteiger partial charge in [0.05, 0.1) is 12.2 Å². The molecule has 2 amide bonds. The molecular formula is C17H18N2O3S. The van der Waals surface area contributed by atoms with Gasteiger partial charge in [-0.25, -0.2) is 0 Å². The van der Waals surface area contributed by atoms with Crippen LogP contribution >= 0.6 is 11.3 Å². The quantitative estimate of drug-likeness (QED) is 0.937. The second-order valence-electron chi connectivity index (χ2n) is 5.51. The van der Waals surface area contributed by atoms with E-state index in [-0.39, 0.29) is 18.4 Å². The molecule has 0 aliphatic carbocycles. The lowest BCUT2D eigenvalue weighted by molar-refractivity contribution is -0.128. The second kappa shape index (κ2) is 6.42. The van der Waals surface area contributed by atoms with Gasteiger partial charge < -0.3 is 10.1 Å². The van der Waals surface area contributed by atoms with Crippen molar-refractivity contribution in [3.8, 4) is 5.75 Å². The van der Waals surface area contributed by atoms with Crippen molar-refractivity contribution in [3.05, 3.63) is 46.2 Å². The first-order valence-corrected chi connectivity index (χ1v) is 8.30. The third-order valence-electron chi connectivity index (χ3n) is 3.66. The fourth-order valence-electron chi connectivity index (χ4n) is 2.48. The monoisotopic (exact) mass is 330 g/mol. The van der Waals surface area contributed by atoms with Gasteiger partial charge in [-0.3, -0.25) is 14.5 Å². The minimum atomic E-state index is -0.588. The molecule has 0 unspecified atom stereocenters. The zero-order valence-electron chi connectivity index (χ0n) is 13.0. The Morgan fingerprint density at radius 1 is 1.39 bits per heavy atom. The van der Waals surface area contributed by atoms with Gasteiger partial charge in [-0.1, -0.05) is 12.1 Å². The van der Waals surface area contributed by atoms with E-state index in [1.54, 1.807) is 18.3 Å². The molecule has 0 saturated carbocycles. The van der Waals surface area contributed by atoms with Gasteiger partial charge >= 0.3 is 0 Å². The lowest BCUT2D eigenvalue weighted by Crippen LogP contribution is -2.48. The largest absolute Gasteiger partial charge is 0.479 e. The molecule has 2 heterocycles. The number of hydrogen-bond donors (Lipinski definition) is 1. The summed E-state index contributed by atoms with van der Waals surface area (Å²) >= 11 is 1.59. The minimum absolute atomic E-state index is 0.00559. The number of thiophene rings is 1. The molecule has 0 bridgehead atoms. The Kier molecular flexibility index (Phi) is 4.34. The van der Waals surface area contributed by atoms with Crippen LogP contribution in [0, 0.1) is 6.92 Å². The highest BCUT2D eigenvalue weighted by molar-refractivity contribution is 7.09. The highest BCUT2D eigenvalue weighted by Gasteiger charge is 2.32. The zero-order valence-corrected chi connectivity index (χ0v) is 13.9. The molecule has 0 fully saturated rings. The molecular weight excluding hydrogens is 312 g/mol. The molecule has 1 aliphatic heterocycles. The number of fused-ring (bicyclic) bond motifs is 1. The fraction of sp³-hybridized carbons (Fsp3) is 0.294. The minimum Gasteiger partial charge on any atom is -0.479 e. The fourth-order valence-corrected chi connectivity index (χ4v) is 3.12. The van der Waals surface area contributed by atoms with Crippen LogP contribution in [0.4, 0.5) is 5.69 Å². The number of nitrogens with zero attached hydrogens (tertiary/aromatic N) is 1. The number of ether oxygens (including phenoxy) is 1. The SMILES string of the molecule is Cc1ccc2c(c1)N(CC(=O)NCc1cccs1)C(=O)[C@H](C)O2. The predicted molar refractivity (Wildman–Crippen MR) is 89.8 cm³/mol. The number of rotatable bonds is 4. The summed E-state index contributed by atoms with van der Waals surface area (Å²) in [6, 6.07) is 9.54. The molecule has 0 saturated heterocycles. The van der Waals surface area contributed by atoms with Crippen molar-refractivity contribution in [1.29, 1.82) is 0 Å². The number of carbonyl (C=O) groups excluding carboxylic acids is 2. The summed E-state index contributed by atoms with van der Waals surface area (Å²) in [5.41, 5.74) is 1.66. The highest BCUT2D eigenvalue weighted by atomic mass is 32.1. The van der Waals surface area contributed by atoms with Crippen molar-refractivity contribution >= 4 is 28.8 Å². The van der Waals surface area contributed by atoms with E-state index in [0.29, 0.717) is 18.0 Å². The molecule has 5 nitrogen and oxygen atoms in total. The number of amides is 2. The van der Waals surface area contributed by atoms with Crippen molar-refractivity contribution in [3.63, 3.8) is 0 Å². The summed E-state index contributed by atoms with van der Waals surface area (Å²) < 4.78 is 5.61. The van der Waals surface area contributed by atoms with Crippen LogP contribution in [-0.2, 0) is 16.1 Å². The van der Waals surface area contributed by atoms with Crippen LogP contribution in [0.25, 0.3) is 0 Å². The Bertz CT molecular complexity index is 727. The first-order chi connectivity index (χ1) is 11.0. The van der Waals surface area contributed by atoms with Gasteiger partial charge in [0.1, 0.15) is 12.3 Å². The van der Waals surface area contributed by atoms with E-state index in [4.69, 9.17) is 4.74 Å². The van der Waals surface area contributed by atoms with Crippen LogP contribution in [0.15, 0.2) is 35.7 Å². The highest BCUT2D eigenvalue weighted by Crippen LogP contribution is 2.34. The molecule has 1 atom stereocenters. The standard InChI is InChI=1S/C17H18N2O3S/c1-11-5-6-15-14(8-11)19(17(21)12(2)22-15)10-16(20)18-9-13-4-3-7-23-13/h3-8,12H,9-10H2,1-2H3,(H,18,20)/t12-/m0/s1. The van der Waals surface area contributed by atoms with Gasteiger partial charge in [-0.15, -0.1) is 11.3 Å². The molecule has 23 heavy (non-hydrogen) atoms. The van der Waals surface area contributed by atoms with Crippen molar-refractivity contribution in [2.24, 2.45) is 0 Å². The van der Waals surface area contributed by atoms with Crippen molar-refractivity contribution in [1.82, 2.24) is 5.32 Å². The van der Waals surface area contributed by atoms with Crippen LogP contribution in [0.3, 0.4) is 0 Å². The van der Waals surface area contributed by atoms with E-state index in [9.17, 15) is 9.59 Å². The zero-order chi connectivity index (χ0) is 16.4.